The van der Waals surface area contributed by atoms with Crippen LogP contribution in [0.2, 0.25) is 0 Å². The van der Waals surface area contributed by atoms with E-state index in [4.69, 9.17) is 15.0 Å². The summed E-state index contributed by atoms with van der Waals surface area (Å²) >= 11 is 0. The van der Waals surface area contributed by atoms with Crippen molar-refractivity contribution in [2.75, 3.05) is 38.1 Å². The first-order valence-electron chi connectivity index (χ1n) is 14.1. The molecule has 1 fully saturated rings. The van der Waals surface area contributed by atoms with Crippen molar-refractivity contribution in [2.45, 2.75) is 45.8 Å². The van der Waals surface area contributed by atoms with Gasteiger partial charge < -0.3 is 14.4 Å². The molecule has 42 heavy (non-hydrogen) atoms. The highest BCUT2D eigenvalue weighted by Gasteiger charge is 2.29. The summed E-state index contributed by atoms with van der Waals surface area (Å²) in [4.78, 5) is 32.3. The van der Waals surface area contributed by atoms with Crippen molar-refractivity contribution in [3.8, 4) is 11.1 Å². The molecule has 1 aliphatic heterocycles. The molecule has 2 aliphatic rings. The molecule has 0 saturated carbocycles. The molecule has 1 aliphatic carbocycles. The average Bonchev–Trinajstić information content (AvgIpc) is 3.27. The van der Waals surface area contributed by atoms with Crippen molar-refractivity contribution in [1.29, 1.82) is 0 Å². The average molecular weight is 569 g/mol. The minimum atomic E-state index is -0.574. The highest BCUT2D eigenvalue weighted by Crippen LogP contribution is 2.44. The number of benzene rings is 3. The Kier molecular flexibility index (Phi) is 8.38. The second-order valence-electron chi connectivity index (χ2n) is 11.7. The minimum absolute atomic E-state index is 0.0475. The van der Waals surface area contributed by atoms with E-state index in [1.807, 2.05) is 57.2 Å². The van der Waals surface area contributed by atoms with Crippen LogP contribution in [0, 0.1) is 6.92 Å². The standard InChI is InChI=1S/C32H36N6O4/c1-21-28(34-30(39)41-20-27-25-11-7-5-9-23(25)24-10-6-8-12-26(24)27)17-22(18-29(21)35-36-33)19-37-13-15-38(16-14-37)31(40)42-32(2,3)4/h5-12,17-18,27H,13-16,19-20H2,1-4H3,(H,34,39). The SMILES string of the molecule is Cc1c(N=[N+]=[N-])cc(CN2CCN(C(=O)OC(C)(C)C)CC2)cc1NC(=O)OCC1c2ccccc2-c2ccccc21. The first-order valence-corrected chi connectivity index (χ1v) is 14.1. The molecule has 218 valence electrons. The fraction of sp³-hybridized carbons (Fsp3) is 0.375. The van der Waals surface area contributed by atoms with Gasteiger partial charge in [-0.05, 0) is 78.7 Å². The molecule has 10 heteroatoms. The molecule has 3 aromatic rings. The zero-order valence-electron chi connectivity index (χ0n) is 24.5. The van der Waals surface area contributed by atoms with Crippen LogP contribution < -0.4 is 5.32 Å². The normalized spacial score (nSPS) is 14.9. The molecule has 2 amide bonds. The predicted octanol–water partition coefficient (Wildman–Crippen LogP) is 7.35. The van der Waals surface area contributed by atoms with E-state index in [-0.39, 0.29) is 18.6 Å². The molecule has 1 heterocycles. The Morgan fingerprint density at radius 2 is 1.62 bits per heavy atom. The molecule has 10 nitrogen and oxygen atoms in total. The number of carbonyl (C=O) groups is 2. The van der Waals surface area contributed by atoms with Gasteiger partial charge in [0, 0.05) is 54.9 Å². The van der Waals surface area contributed by atoms with Crippen molar-refractivity contribution in [3.05, 3.63) is 93.4 Å². The van der Waals surface area contributed by atoms with Crippen LogP contribution in [0.3, 0.4) is 0 Å². The molecule has 5 rings (SSSR count). The molecule has 0 spiro atoms. The molecule has 0 bridgehead atoms. The van der Waals surface area contributed by atoms with E-state index in [9.17, 15) is 9.59 Å². The second kappa shape index (κ2) is 12.1. The third kappa shape index (κ3) is 6.51. The molecular weight excluding hydrogens is 532 g/mol. The van der Waals surface area contributed by atoms with E-state index >= 15 is 0 Å². The van der Waals surface area contributed by atoms with Crippen LogP contribution in [0.5, 0.6) is 0 Å². The Hall–Kier alpha value is -4.53. The van der Waals surface area contributed by atoms with Gasteiger partial charge in [0.25, 0.3) is 0 Å². The van der Waals surface area contributed by atoms with Gasteiger partial charge in [0.1, 0.15) is 12.2 Å². The fourth-order valence-electron chi connectivity index (χ4n) is 5.55. The largest absolute Gasteiger partial charge is 0.448 e. The topological polar surface area (TPSA) is 120 Å². The quantitative estimate of drug-likeness (QED) is 0.189. The van der Waals surface area contributed by atoms with Crippen LogP contribution in [0.1, 0.15) is 48.9 Å². The molecule has 0 radical (unpaired) electrons. The summed E-state index contributed by atoms with van der Waals surface area (Å²) in [6, 6.07) is 20.1. The summed E-state index contributed by atoms with van der Waals surface area (Å²) in [5, 5.41) is 6.73. The van der Waals surface area contributed by atoms with Gasteiger partial charge in [-0.25, -0.2) is 9.59 Å². The number of amides is 2. The summed E-state index contributed by atoms with van der Waals surface area (Å²) in [6.07, 6.45) is -0.882. The van der Waals surface area contributed by atoms with Crippen LogP contribution in [-0.2, 0) is 16.0 Å². The number of anilines is 1. The highest BCUT2D eigenvalue weighted by atomic mass is 16.6. The minimum Gasteiger partial charge on any atom is -0.448 e. The van der Waals surface area contributed by atoms with Crippen LogP contribution >= 0.6 is 0 Å². The van der Waals surface area contributed by atoms with E-state index in [1.54, 1.807) is 11.8 Å². The molecule has 0 unspecified atom stereocenters. The predicted molar refractivity (Wildman–Crippen MR) is 162 cm³/mol. The Labute approximate surface area is 245 Å². The van der Waals surface area contributed by atoms with E-state index in [2.05, 4.69) is 44.5 Å². The number of fused-ring (bicyclic) bond motifs is 3. The first-order chi connectivity index (χ1) is 20.1. The van der Waals surface area contributed by atoms with Crippen molar-refractivity contribution >= 4 is 23.6 Å². The Morgan fingerprint density at radius 1 is 1.00 bits per heavy atom. The van der Waals surface area contributed by atoms with Crippen LogP contribution in [0.25, 0.3) is 21.6 Å². The number of rotatable bonds is 6. The summed E-state index contributed by atoms with van der Waals surface area (Å²) in [5.41, 5.74) is 15.7. The number of ether oxygens (including phenoxy) is 2. The number of azide groups is 1. The lowest BCUT2D eigenvalue weighted by Crippen LogP contribution is -2.49. The molecule has 0 aromatic heterocycles. The fourth-order valence-corrected chi connectivity index (χ4v) is 5.55. The number of hydrogen-bond donors (Lipinski definition) is 1. The van der Waals surface area contributed by atoms with Crippen LogP contribution in [0.15, 0.2) is 65.8 Å². The lowest BCUT2D eigenvalue weighted by atomic mass is 9.98. The van der Waals surface area contributed by atoms with Gasteiger partial charge >= 0.3 is 12.2 Å². The first kappa shape index (κ1) is 29.0. The lowest BCUT2D eigenvalue weighted by molar-refractivity contribution is 0.0139. The van der Waals surface area contributed by atoms with E-state index in [0.29, 0.717) is 49.7 Å². The summed E-state index contributed by atoms with van der Waals surface area (Å²) in [7, 11) is 0. The third-order valence-electron chi connectivity index (χ3n) is 7.60. The molecule has 0 atom stereocenters. The van der Waals surface area contributed by atoms with E-state index in [0.717, 1.165) is 27.8 Å². The number of nitrogens with zero attached hydrogens (tertiary/aromatic N) is 5. The Morgan fingerprint density at radius 3 is 2.21 bits per heavy atom. The van der Waals surface area contributed by atoms with Crippen LogP contribution in [0.4, 0.5) is 21.0 Å². The van der Waals surface area contributed by atoms with E-state index in [1.165, 1.54) is 0 Å². The molecule has 1 N–H and O–H groups in total. The Bertz CT molecular complexity index is 1490. The van der Waals surface area contributed by atoms with Crippen molar-refractivity contribution in [2.24, 2.45) is 5.11 Å². The van der Waals surface area contributed by atoms with Gasteiger partial charge in [-0.1, -0.05) is 53.6 Å². The summed E-state index contributed by atoms with van der Waals surface area (Å²) < 4.78 is 11.2. The summed E-state index contributed by atoms with van der Waals surface area (Å²) in [5.74, 6) is -0.0475. The van der Waals surface area contributed by atoms with Crippen molar-refractivity contribution in [1.82, 2.24) is 9.80 Å². The zero-order valence-corrected chi connectivity index (χ0v) is 24.5. The third-order valence-corrected chi connectivity index (χ3v) is 7.60. The lowest BCUT2D eigenvalue weighted by Gasteiger charge is -2.35. The number of hydrogen-bond acceptors (Lipinski definition) is 6. The van der Waals surface area contributed by atoms with Crippen molar-refractivity contribution in [3.63, 3.8) is 0 Å². The van der Waals surface area contributed by atoms with Gasteiger partial charge in [0.2, 0.25) is 0 Å². The summed E-state index contributed by atoms with van der Waals surface area (Å²) in [6.45, 7) is 10.6. The van der Waals surface area contributed by atoms with E-state index < -0.39 is 11.7 Å². The van der Waals surface area contributed by atoms with Gasteiger partial charge in [-0.3, -0.25) is 10.2 Å². The second-order valence-corrected chi connectivity index (χ2v) is 11.7. The number of nitrogens with one attached hydrogen (secondary N) is 1. The number of piperazine rings is 1. The molecule has 3 aromatic carbocycles. The zero-order chi connectivity index (χ0) is 29.9. The monoisotopic (exact) mass is 568 g/mol. The van der Waals surface area contributed by atoms with Crippen LogP contribution in [-0.4, -0.2) is 60.4 Å². The molecule has 1 saturated heterocycles. The molecular formula is C32H36N6O4. The maximum Gasteiger partial charge on any atom is 0.411 e. The highest BCUT2D eigenvalue weighted by molar-refractivity contribution is 5.87. The maximum atomic E-state index is 13.0. The maximum absolute atomic E-state index is 13.0. The number of carbonyl (C=O) groups excluding carboxylic acids is 2. The van der Waals surface area contributed by atoms with Gasteiger partial charge in [0.15, 0.2) is 0 Å². The van der Waals surface area contributed by atoms with Gasteiger partial charge in [0.05, 0.1) is 0 Å². The van der Waals surface area contributed by atoms with Crippen molar-refractivity contribution < 1.29 is 19.1 Å². The smallest absolute Gasteiger partial charge is 0.411 e. The van der Waals surface area contributed by atoms with Gasteiger partial charge in [-0.15, -0.1) is 0 Å². The van der Waals surface area contributed by atoms with Gasteiger partial charge in [-0.2, -0.15) is 0 Å². The Balaban J connectivity index is 1.24.